The molecule has 1 atom stereocenters. The van der Waals surface area contributed by atoms with Crippen LogP contribution < -0.4 is 11.1 Å². The number of halogens is 1. The second-order valence-corrected chi connectivity index (χ2v) is 4.78. The van der Waals surface area contributed by atoms with Gasteiger partial charge >= 0.3 is 0 Å². The van der Waals surface area contributed by atoms with Gasteiger partial charge < -0.3 is 25.3 Å². The molecule has 1 amide bonds. The molecule has 1 aromatic rings. The van der Waals surface area contributed by atoms with E-state index in [9.17, 15) is 4.79 Å². The Morgan fingerprint density at radius 3 is 2.71 bits per heavy atom. The first kappa shape index (κ1) is 17.7. The number of benzene rings is 1. The predicted octanol–water partition coefficient (Wildman–Crippen LogP) is 1.93. The third-order valence-electron chi connectivity index (χ3n) is 2.67. The maximum atomic E-state index is 11.9. The Balaban J connectivity index is 2.30. The van der Waals surface area contributed by atoms with Crippen LogP contribution in [-0.2, 0) is 19.0 Å². The molecular formula is C14H21ClN2O4. The standard InChI is InChI=1S/C14H21ClN2O4/c1-10(21-8-7-20-6-5-19-2)14(18)17-13-4-3-11(15)9-12(13)16/h3-4,9-10H,5-8,16H2,1-2H3,(H,17,18). The first-order valence-corrected chi connectivity index (χ1v) is 6.96. The number of carbonyl (C=O) groups excluding carboxylic acids is 1. The average molecular weight is 317 g/mol. The summed E-state index contributed by atoms with van der Waals surface area (Å²) in [7, 11) is 1.61. The number of nitrogens with one attached hydrogen (secondary N) is 1. The van der Waals surface area contributed by atoms with E-state index in [2.05, 4.69) is 5.32 Å². The summed E-state index contributed by atoms with van der Waals surface area (Å²) in [5, 5.41) is 3.21. The Morgan fingerprint density at radius 2 is 2.05 bits per heavy atom. The van der Waals surface area contributed by atoms with Gasteiger partial charge in [-0.25, -0.2) is 0 Å². The summed E-state index contributed by atoms with van der Waals surface area (Å²) in [6.45, 7) is 3.43. The topological polar surface area (TPSA) is 82.8 Å². The number of amides is 1. The zero-order valence-corrected chi connectivity index (χ0v) is 13.0. The highest BCUT2D eigenvalue weighted by atomic mass is 35.5. The quantitative estimate of drug-likeness (QED) is 0.537. The van der Waals surface area contributed by atoms with E-state index in [1.165, 1.54) is 0 Å². The molecule has 6 nitrogen and oxygen atoms in total. The van der Waals surface area contributed by atoms with Crippen molar-refractivity contribution < 1.29 is 19.0 Å². The van der Waals surface area contributed by atoms with E-state index in [0.29, 0.717) is 42.8 Å². The molecular weight excluding hydrogens is 296 g/mol. The summed E-state index contributed by atoms with van der Waals surface area (Å²) in [6, 6.07) is 4.88. The molecule has 118 valence electrons. The molecule has 0 saturated carbocycles. The average Bonchev–Trinajstić information content (AvgIpc) is 2.45. The molecule has 7 heteroatoms. The van der Waals surface area contributed by atoms with E-state index in [1.807, 2.05) is 0 Å². The normalized spacial score (nSPS) is 12.1. The van der Waals surface area contributed by atoms with Crippen molar-refractivity contribution >= 4 is 28.9 Å². The van der Waals surface area contributed by atoms with E-state index >= 15 is 0 Å². The lowest BCUT2D eigenvalue weighted by atomic mass is 10.2. The zero-order valence-electron chi connectivity index (χ0n) is 12.2. The smallest absolute Gasteiger partial charge is 0.253 e. The van der Waals surface area contributed by atoms with Crippen molar-refractivity contribution in [2.45, 2.75) is 13.0 Å². The van der Waals surface area contributed by atoms with Crippen molar-refractivity contribution in [3.05, 3.63) is 23.2 Å². The Kier molecular flexibility index (Phi) is 8.07. The fourth-order valence-corrected chi connectivity index (χ4v) is 1.67. The van der Waals surface area contributed by atoms with Gasteiger partial charge in [0.25, 0.3) is 5.91 Å². The SMILES string of the molecule is COCCOCCOC(C)C(=O)Nc1ccc(Cl)cc1N. The van der Waals surface area contributed by atoms with Gasteiger partial charge in [-0.1, -0.05) is 11.6 Å². The third kappa shape index (κ3) is 6.77. The Morgan fingerprint density at radius 1 is 1.33 bits per heavy atom. The lowest BCUT2D eigenvalue weighted by Crippen LogP contribution is -2.29. The number of carbonyl (C=O) groups is 1. The Bertz CT molecular complexity index is 457. The molecule has 0 aromatic heterocycles. The van der Waals surface area contributed by atoms with Crippen LogP contribution in [0.15, 0.2) is 18.2 Å². The predicted molar refractivity (Wildman–Crippen MR) is 82.6 cm³/mol. The Hall–Kier alpha value is -1.34. The van der Waals surface area contributed by atoms with Gasteiger partial charge in [-0.3, -0.25) is 4.79 Å². The number of nitrogens with two attached hydrogens (primary N) is 1. The van der Waals surface area contributed by atoms with Crippen LogP contribution in [0, 0.1) is 0 Å². The van der Waals surface area contributed by atoms with E-state index < -0.39 is 6.10 Å². The molecule has 0 aliphatic rings. The van der Waals surface area contributed by atoms with E-state index in [4.69, 9.17) is 31.5 Å². The van der Waals surface area contributed by atoms with E-state index in [-0.39, 0.29) is 5.91 Å². The number of ether oxygens (including phenoxy) is 3. The summed E-state index contributed by atoms with van der Waals surface area (Å²) in [6.07, 6.45) is -0.605. The van der Waals surface area contributed by atoms with Crippen molar-refractivity contribution in [3.63, 3.8) is 0 Å². The van der Waals surface area contributed by atoms with Crippen molar-refractivity contribution in [1.82, 2.24) is 0 Å². The first-order valence-electron chi connectivity index (χ1n) is 6.58. The van der Waals surface area contributed by atoms with Crippen LogP contribution in [0.3, 0.4) is 0 Å². The molecule has 0 aliphatic carbocycles. The summed E-state index contributed by atoms with van der Waals surface area (Å²) in [4.78, 5) is 11.9. The summed E-state index contributed by atoms with van der Waals surface area (Å²) >= 11 is 5.80. The largest absolute Gasteiger partial charge is 0.397 e. The van der Waals surface area contributed by atoms with Gasteiger partial charge in [0, 0.05) is 12.1 Å². The highest BCUT2D eigenvalue weighted by molar-refractivity contribution is 6.31. The van der Waals surface area contributed by atoms with Crippen molar-refractivity contribution in [2.24, 2.45) is 0 Å². The van der Waals surface area contributed by atoms with Crippen LogP contribution >= 0.6 is 11.6 Å². The molecule has 1 unspecified atom stereocenters. The van der Waals surface area contributed by atoms with Gasteiger partial charge in [-0.05, 0) is 25.1 Å². The number of rotatable bonds is 9. The van der Waals surface area contributed by atoms with Gasteiger partial charge in [0.2, 0.25) is 0 Å². The zero-order chi connectivity index (χ0) is 15.7. The summed E-state index contributed by atoms with van der Waals surface area (Å²) in [5.41, 5.74) is 6.68. The molecule has 1 rings (SSSR count). The van der Waals surface area contributed by atoms with Crippen LogP contribution in [0.4, 0.5) is 11.4 Å². The second kappa shape index (κ2) is 9.57. The molecule has 21 heavy (non-hydrogen) atoms. The molecule has 0 radical (unpaired) electrons. The molecule has 0 heterocycles. The summed E-state index contributed by atoms with van der Waals surface area (Å²) in [5.74, 6) is -0.277. The molecule has 0 saturated heterocycles. The van der Waals surface area contributed by atoms with Crippen molar-refractivity contribution in [1.29, 1.82) is 0 Å². The molecule has 1 aromatic carbocycles. The first-order chi connectivity index (χ1) is 10.0. The van der Waals surface area contributed by atoms with Crippen LogP contribution in [-0.4, -0.2) is 45.5 Å². The summed E-state index contributed by atoms with van der Waals surface area (Å²) < 4.78 is 15.5. The maximum absolute atomic E-state index is 11.9. The highest BCUT2D eigenvalue weighted by Gasteiger charge is 2.14. The van der Waals surface area contributed by atoms with Gasteiger partial charge in [0.05, 0.1) is 37.8 Å². The molecule has 0 bridgehead atoms. The van der Waals surface area contributed by atoms with Crippen molar-refractivity contribution in [3.8, 4) is 0 Å². The minimum absolute atomic E-state index is 0.277. The van der Waals surface area contributed by atoms with Crippen LogP contribution in [0.25, 0.3) is 0 Å². The van der Waals surface area contributed by atoms with Crippen LogP contribution in [0.1, 0.15) is 6.92 Å². The van der Waals surface area contributed by atoms with E-state index in [0.717, 1.165) is 0 Å². The minimum atomic E-state index is -0.605. The number of nitrogen functional groups attached to an aromatic ring is 1. The van der Waals surface area contributed by atoms with Gasteiger partial charge in [-0.2, -0.15) is 0 Å². The van der Waals surface area contributed by atoms with Crippen LogP contribution in [0.2, 0.25) is 5.02 Å². The molecule has 0 aliphatic heterocycles. The lowest BCUT2D eigenvalue weighted by Gasteiger charge is -2.14. The van der Waals surface area contributed by atoms with Gasteiger partial charge in [0.15, 0.2) is 0 Å². The minimum Gasteiger partial charge on any atom is -0.397 e. The molecule has 0 fully saturated rings. The van der Waals surface area contributed by atoms with E-state index in [1.54, 1.807) is 32.2 Å². The lowest BCUT2D eigenvalue weighted by molar-refractivity contribution is -0.127. The van der Waals surface area contributed by atoms with Crippen LogP contribution in [0.5, 0.6) is 0 Å². The fourth-order valence-electron chi connectivity index (χ4n) is 1.49. The van der Waals surface area contributed by atoms with Gasteiger partial charge in [0.1, 0.15) is 6.10 Å². The highest BCUT2D eigenvalue weighted by Crippen LogP contribution is 2.22. The Labute approximate surface area is 129 Å². The number of hydrogen-bond acceptors (Lipinski definition) is 5. The number of methoxy groups -OCH3 is 1. The third-order valence-corrected chi connectivity index (χ3v) is 2.90. The van der Waals surface area contributed by atoms with Gasteiger partial charge in [-0.15, -0.1) is 0 Å². The maximum Gasteiger partial charge on any atom is 0.253 e. The van der Waals surface area contributed by atoms with Crippen molar-refractivity contribution in [2.75, 3.05) is 44.6 Å². The second-order valence-electron chi connectivity index (χ2n) is 4.34. The number of anilines is 2. The monoisotopic (exact) mass is 316 g/mol. The molecule has 0 spiro atoms. The molecule has 3 N–H and O–H groups in total. The number of hydrogen-bond donors (Lipinski definition) is 2. The fraction of sp³-hybridized carbons (Fsp3) is 0.500.